The van der Waals surface area contributed by atoms with Crippen LogP contribution in [0, 0.1) is 28.6 Å². The molecule has 0 spiro atoms. The van der Waals surface area contributed by atoms with E-state index in [0.717, 1.165) is 32.2 Å². The van der Waals surface area contributed by atoms with Gasteiger partial charge in [-0.3, -0.25) is 10.00 Å². The lowest BCUT2D eigenvalue weighted by molar-refractivity contribution is 0.291. The van der Waals surface area contributed by atoms with Gasteiger partial charge in [0.25, 0.3) is 5.82 Å². The number of aryl methyl sites for hydroxylation is 1. The fourth-order valence-corrected chi connectivity index (χ4v) is 2.95. The number of hydrogen-bond donors (Lipinski definition) is 1. The third kappa shape index (κ3) is 2.74. The monoisotopic (exact) mass is 258 g/mol. The molecule has 100 valence electrons. The van der Waals surface area contributed by atoms with Gasteiger partial charge >= 0.3 is 0 Å². The zero-order valence-electron chi connectivity index (χ0n) is 11.1. The smallest absolute Gasteiger partial charge is 0.252 e. The minimum Gasteiger partial charge on any atom is -0.299 e. The second-order valence-electron chi connectivity index (χ2n) is 4.93. The molecule has 1 aliphatic rings. The predicted octanol–water partition coefficient (Wildman–Crippen LogP) is 1.21. The van der Waals surface area contributed by atoms with E-state index in [9.17, 15) is 5.26 Å². The molecule has 1 aromatic rings. The van der Waals surface area contributed by atoms with Crippen molar-refractivity contribution in [3.05, 3.63) is 12.2 Å². The van der Waals surface area contributed by atoms with Crippen molar-refractivity contribution in [3.8, 4) is 12.1 Å². The van der Waals surface area contributed by atoms with Crippen LogP contribution in [-0.4, -0.2) is 26.8 Å². The Morgan fingerprint density at radius 3 is 3.05 bits per heavy atom. The number of nitriles is 2. The molecule has 1 heterocycles. The first-order valence-electron chi connectivity index (χ1n) is 6.70. The van der Waals surface area contributed by atoms with Gasteiger partial charge in [0.15, 0.2) is 0 Å². The molecule has 19 heavy (non-hydrogen) atoms. The van der Waals surface area contributed by atoms with Crippen molar-refractivity contribution in [3.63, 3.8) is 0 Å². The summed E-state index contributed by atoms with van der Waals surface area (Å²) in [7, 11) is 0. The van der Waals surface area contributed by atoms with E-state index in [0.29, 0.717) is 12.5 Å². The van der Waals surface area contributed by atoms with Crippen LogP contribution in [0.1, 0.15) is 38.4 Å². The van der Waals surface area contributed by atoms with Crippen molar-refractivity contribution >= 4 is 0 Å². The Balaban J connectivity index is 1.98. The molecular formula is C13H18N6. The summed E-state index contributed by atoms with van der Waals surface area (Å²) >= 11 is 0. The average molecular weight is 258 g/mol. The number of hydrogen-bond acceptors (Lipinski definition) is 5. The van der Waals surface area contributed by atoms with Crippen LogP contribution in [0.4, 0.5) is 0 Å². The topological polar surface area (TPSA) is 90.3 Å². The van der Waals surface area contributed by atoms with Gasteiger partial charge in [-0.1, -0.05) is 13.3 Å². The molecule has 6 nitrogen and oxygen atoms in total. The van der Waals surface area contributed by atoms with Crippen LogP contribution < -0.4 is 5.32 Å². The SMILES string of the molecule is CCNC1(C#N)CCCC1CCn1cnc(C#N)n1. The average Bonchev–Trinajstić information content (AvgIpc) is 3.04. The Morgan fingerprint density at radius 1 is 1.58 bits per heavy atom. The summed E-state index contributed by atoms with van der Waals surface area (Å²) in [5, 5.41) is 25.5. The van der Waals surface area contributed by atoms with Crippen LogP contribution in [0.25, 0.3) is 0 Å². The van der Waals surface area contributed by atoms with Crippen LogP contribution in [0.5, 0.6) is 0 Å². The van der Waals surface area contributed by atoms with Gasteiger partial charge < -0.3 is 0 Å². The van der Waals surface area contributed by atoms with E-state index in [-0.39, 0.29) is 11.4 Å². The Bertz CT molecular complexity index is 508. The third-order valence-corrected chi connectivity index (χ3v) is 3.86. The van der Waals surface area contributed by atoms with Gasteiger partial charge in [0.1, 0.15) is 17.9 Å². The predicted molar refractivity (Wildman–Crippen MR) is 68.7 cm³/mol. The summed E-state index contributed by atoms with van der Waals surface area (Å²) in [6.45, 7) is 3.55. The highest BCUT2D eigenvalue weighted by Crippen LogP contribution is 2.37. The molecule has 2 unspecified atom stereocenters. The van der Waals surface area contributed by atoms with Crippen LogP contribution in [0.3, 0.4) is 0 Å². The van der Waals surface area contributed by atoms with Crippen LogP contribution in [0.2, 0.25) is 0 Å². The normalized spacial score (nSPS) is 25.9. The van der Waals surface area contributed by atoms with Crippen LogP contribution >= 0.6 is 0 Å². The zero-order chi connectivity index (χ0) is 13.7. The molecule has 1 aliphatic carbocycles. The first kappa shape index (κ1) is 13.5. The molecule has 0 bridgehead atoms. The second kappa shape index (κ2) is 5.81. The van der Waals surface area contributed by atoms with E-state index in [2.05, 4.69) is 21.5 Å². The van der Waals surface area contributed by atoms with Crippen LogP contribution in [-0.2, 0) is 6.54 Å². The number of nitrogens with one attached hydrogen (secondary N) is 1. The van der Waals surface area contributed by atoms with Gasteiger partial charge in [0, 0.05) is 6.54 Å². The van der Waals surface area contributed by atoms with Crippen LogP contribution in [0.15, 0.2) is 6.33 Å². The molecule has 1 saturated carbocycles. The molecule has 6 heteroatoms. The number of aromatic nitrogens is 3. The van der Waals surface area contributed by atoms with Gasteiger partial charge in [0.05, 0.1) is 6.07 Å². The summed E-state index contributed by atoms with van der Waals surface area (Å²) in [5.41, 5.74) is -0.382. The van der Waals surface area contributed by atoms with Gasteiger partial charge in [-0.15, -0.1) is 5.10 Å². The van der Waals surface area contributed by atoms with E-state index in [1.807, 2.05) is 13.0 Å². The molecule has 0 aromatic carbocycles. The summed E-state index contributed by atoms with van der Waals surface area (Å²) in [4.78, 5) is 3.88. The highest BCUT2D eigenvalue weighted by molar-refractivity contribution is 5.14. The number of rotatable bonds is 5. The maximum Gasteiger partial charge on any atom is 0.252 e. The van der Waals surface area contributed by atoms with E-state index < -0.39 is 0 Å². The fraction of sp³-hybridized carbons (Fsp3) is 0.692. The van der Waals surface area contributed by atoms with Crippen molar-refractivity contribution in [1.29, 1.82) is 10.5 Å². The Kier molecular flexibility index (Phi) is 4.13. The maximum atomic E-state index is 9.47. The summed E-state index contributed by atoms with van der Waals surface area (Å²) < 4.78 is 1.69. The lowest BCUT2D eigenvalue weighted by Crippen LogP contribution is -2.47. The maximum absolute atomic E-state index is 9.47. The van der Waals surface area contributed by atoms with Crippen molar-refractivity contribution < 1.29 is 0 Å². The van der Waals surface area contributed by atoms with Gasteiger partial charge in [-0.25, -0.2) is 4.98 Å². The lowest BCUT2D eigenvalue weighted by atomic mass is 9.86. The van der Waals surface area contributed by atoms with Crippen molar-refractivity contribution in [1.82, 2.24) is 20.1 Å². The molecule has 0 aliphatic heterocycles. The van der Waals surface area contributed by atoms with Gasteiger partial charge in [-0.05, 0) is 31.7 Å². The van der Waals surface area contributed by atoms with Crippen molar-refractivity contribution in [2.75, 3.05) is 6.54 Å². The van der Waals surface area contributed by atoms with Gasteiger partial charge in [0.2, 0.25) is 0 Å². The standard InChI is InChI=1S/C13H18N6/c1-2-17-13(9-15)6-3-4-11(13)5-7-19-10-16-12(8-14)18-19/h10-11,17H,2-7H2,1H3. The second-order valence-corrected chi connectivity index (χ2v) is 4.93. The lowest BCUT2D eigenvalue weighted by Gasteiger charge is -2.29. The highest BCUT2D eigenvalue weighted by atomic mass is 15.3. The molecule has 1 aromatic heterocycles. The summed E-state index contributed by atoms with van der Waals surface area (Å²) in [6, 6.07) is 4.39. The molecule has 0 saturated heterocycles. The Hall–Kier alpha value is -1.92. The Labute approximate surface area is 113 Å². The van der Waals surface area contributed by atoms with Crippen molar-refractivity contribution in [2.24, 2.45) is 5.92 Å². The van der Waals surface area contributed by atoms with Gasteiger partial charge in [-0.2, -0.15) is 10.5 Å². The molecule has 2 rings (SSSR count). The first-order chi connectivity index (χ1) is 9.24. The molecule has 1 fully saturated rings. The summed E-state index contributed by atoms with van der Waals surface area (Å²) in [5.74, 6) is 0.539. The van der Waals surface area contributed by atoms with E-state index in [1.54, 1.807) is 11.0 Å². The first-order valence-corrected chi connectivity index (χ1v) is 6.70. The minimum absolute atomic E-state index is 0.199. The quantitative estimate of drug-likeness (QED) is 0.857. The van der Waals surface area contributed by atoms with E-state index in [4.69, 9.17) is 5.26 Å². The van der Waals surface area contributed by atoms with E-state index in [1.165, 1.54) is 0 Å². The molecule has 2 atom stereocenters. The fourth-order valence-electron chi connectivity index (χ4n) is 2.95. The molecular weight excluding hydrogens is 240 g/mol. The summed E-state index contributed by atoms with van der Waals surface area (Å²) in [6.07, 6.45) is 5.54. The Morgan fingerprint density at radius 2 is 2.42 bits per heavy atom. The zero-order valence-corrected chi connectivity index (χ0v) is 11.1. The molecule has 0 amide bonds. The van der Waals surface area contributed by atoms with Crippen molar-refractivity contribution in [2.45, 2.75) is 44.7 Å². The largest absolute Gasteiger partial charge is 0.299 e. The molecule has 1 N–H and O–H groups in total. The minimum atomic E-state index is -0.382. The number of nitrogens with zero attached hydrogens (tertiary/aromatic N) is 5. The van der Waals surface area contributed by atoms with E-state index >= 15 is 0 Å². The third-order valence-electron chi connectivity index (χ3n) is 3.86. The molecule has 0 radical (unpaired) electrons. The highest BCUT2D eigenvalue weighted by Gasteiger charge is 2.42.